The molecule has 3 rings (SSSR count). The van der Waals surface area contributed by atoms with Crippen molar-refractivity contribution in [2.75, 3.05) is 14.2 Å². The Morgan fingerprint density at radius 3 is 2.54 bits per heavy atom. The molecule has 26 heavy (non-hydrogen) atoms. The van der Waals surface area contributed by atoms with Gasteiger partial charge in [-0.05, 0) is 31.0 Å². The third kappa shape index (κ3) is 3.43. The van der Waals surface area contributed by atoms with Crippen LogP contribution in [0.4, 0.5) is 0 Å². The van der Waals surface area contributed by atoms with Crippen molar-refractivity contribution in [1.82, 2.24) is 5.43 Å². The number of methoxy groups -OCH3 is 2. The summed E-state index contributed by atoms with van der Waals surface area (Å²) in [4.78, 5) is 12.5. The molecule has 5 heteroatoms. The Labute approximate surface area is 154 Å². The average molecular weight is 352 g/mol. The quantitative estimate of drug-likeness (QED) is 0.639. The summed E-state index contributed by atoms with van der Waals surface area (Å²) >= 11 is 0. The second-order valence-electron chi connectivity index (χ2n) is 6.78. The molecule has 1 N–H and O–H groups in total. The van der Waals surface area contributed by atoms with Gasteiger partial charge in [-0.25, -0.2) is 5.43 Å². The van der Waals surface area contributed by atoms with E-state index in [9.17, 15) is 4.79 Å². The maximum atomic E-state index is 12.5. The fraction of sp³-hybridized carbons (Fsp3) is 0.333. The summed E-state index contributed by atoms with van der Waals surface area (Å²) in [6.07, 6.45) is 0.837. The molecule has 1 aliphatic rings. The monoisotopic (exact) mass is 352 g/mol. The van der Waals surface area contributed by atoms with Crippen LogP contribution in [0.5, 0.6) is 11.5 Å². The largest absolute Gasteiger partial charge is 0.497 e. The third-order valence-corrected chi connectivity index (χ3v) is 5.12. The van der Waals surface area contributed by atoms with E-state index >= 15 is 0 Å². The summed E-state index contributed by atoms with van der Waals surface area (Å²) in [7, 11) is 3.20. The number of benzene rings is 2. The predicted molar refractivity (Wildman–Crippen MR) is 102 cm³/mol. The number of hydrazone groups is 1. The van der Waals surface area contributed by atoms with Gasteiger partial charge in [0.2, 0.25) is 5.91 Å². The van der Waals surface area contributed by atoms with E-state index in [0.29, 0.717) is 17.2 Å². The molecule has 0 spiro atoms. The van der Waals surface area contributed by atoms with Crippen molar-refractivity contribution >= 4 is 11.6 Å². The second-order valence-corrected chi connectivity index (χ2v) is 6.78. The summed E-state index contributed by atoms with van der Waals surface area (Å²) in [5, 5.41) is 4.28. The number of nitrogens with one attached hydrogen (secondary N) is 1. The van der Waals surface area contributed by atoms with Gasteiger partial charge >= 0.3 is 0 Å². The molecule has 0 aliphatic heterocycles. The second kappa shape index (κ2) is 7.20. The van der Waals surface area contributed by atoms with Crippen LogP contribution in [0.15, 0.2) is 53.6 Å². The molecule has 0 aromatic heterocycles. The smallest absolute Gasteiger partial charge is 0.244 e. The molecule has 0 heterocycles. The zero-order valence-electron chi connectivity index (χ0n) is 15.6. The van der Waals surface area contributed by atoms with E-state index in [1.54, 1.807) is 20.3 Å². The minimum absolute atomic E-state index is 0.0526. The van der Waals surface area contributed by atoms with Gasteiger partial charge in [-0.3, -0.25) is 4.79 Å². The first-order valence-electron chi connectivity index (χ1n) is 8.61. The lowest BCUT2D eigenvalue weighted by atomic mass is 9.95. The number of rotatable bonds is 6. The van der Waals surface area contributed by atoms with E-state index < -0.39 is 0 Å². The Balaban J connectivity index is 1.70. The van der Waals surface area contributed by atoms with Crippen molar-refractivity contribution < 1.29 is 14.3 Å². The summed E-state index contributed by atoms with van der Waals surface area (Å²) < 4.78 is 10.6. The Morgan fingerprint density at radius 1 is 1.15 bits per heavy atom. The van der Waals surface area contributed by atoms with Crippen molar-refractivity contribution in [3.05, 3.63) is 59.7 Å². The molecule has 0 unspecified atom stereocenters. The molecule has 2 aromatic rings. The highest BCUT2D eigenvalue weighted by Crippen LogP contribution is 2.53. The maximum Gasteiger partial charge on any atom is 0.244 e. The first-order valence-corrected chi connectivity index (χ1v) is 8.61. The van der Waals surface area contributed by atoms with Gasteiger partial charge in [0.15, 0.2) is 0 Å². The molecule has 0 radical (unpaired) electrons. The third-order valence-electron chi connectivity index (χ3n) is 5.12. The van der Waals surface area contributed by atoms with Crippen LogP contribution in [0.3, 0.4) is 0 Å². The predicted octanol–water partition coefficient (Wildman–Crippen LogP) is 3.52. The van der Waals surface area contributed by atoms with Gasteiger partial charge < -0.3 is 9.47 Å². The Morgan fingerprint density at radius 2 is 1.88 bits per heavy atom. The SMILES string of the molecule is COc1ccc(/C(C)=N\NC(=O)[C@H]2C[C@]2(C)c2ccccc2)c(OC)c1. The lowest BCUT2D eigenvalue weighted by molar-refractivity contribution is -0.122. The number of ether oxygens (including phenoxy) is 2. The van der Waals surface area contributed by atoms with Crippen LogP contribution < -0.4 is 14.9 Å². The van der Waals surface area contributed by atoms with Gasteiger partial charge in [0.05, 0.1) is 25.8 Å². The normalized spacial score (nSPS) is 21.8. The maximum absolute atomic E-state index is 12.5. The molecule has 1 saturated carbocycles. The van der Waals surface area contributed by atoms with Crippen LogP contribution >= 0.6 is 0 Å². The molecule has 1 aliphatic carbocycles. The molecular weight excluding hydrogens is 328 g/mol. The summed E-state index contributed by atoms with van der Waals surface area (Å²) in [6.45, 7) is 3.96. The zero-order valence-corrected chi connectivity index (χ0v) is 15.6. The minimum atomic E-state index is -0.105. The van der Waals surface area contributed by atoms with Crippen LogP contribution in [-0.4, -0.2) is 25.8 Å². The summed E-state index contributed by atoms with van der Waals surface area (Å²) in [5.41, 5.74) is 5.29. The molecule has 1 fully saturated rings. The molecule has 2 atom stereocenters. The van der Waals surface area contributed by atoms with Crippen molar-refractivity contribution in [1.29, 1.82) is 0 Å². The Hall–Kier alpha value is -2.82. The first kappa shape index (κ1) is 18.0. The molecule has 2 aromatic carbocycles. The van der Waals surface area contributed by atoms with Crippen molar-refractivity contribution in [2.24, 2.45) is 11.0 Å². The minimum Gasteiger partial charge on any atom is -0.497 e. The van der Waals surface area contributed by atoms with Crippen LogP contribution in [0.25, 0.3) is 0 Å². The van der Waals surface area contributed by atoms with Crippen LogP contribution in [-0.2, 0) is 10.2 Å². The van der Waals surface area contributed by atoms with Gasteiger partial charge in [-0.2, -0.15) is 5.10 Å². The number of hydrogen-bond acceptors (Lipinski definition) is 4. The lowest BCUT2D eigenvalue weighted by Gasteiger charge is -2.12. The molecular formula is C21H24N2O3. The van der Waals surface area contributed by atoms with Crippen molar-refractivity contribution in [2.45, 2.75) is 25.7 Å². The zero-order chi connectivity index (χ0) is 18.7. The van der Waals surface area contributed by atoms with Crippen LogP contribution in [0.1, 0.15) is 31.4 Å². The van der Waals surface area contributed by atoms with E-state index in [1.807, 2.05) is 37.3 Å². The number of nitrogens with zero attached hydrogens (tertiary/aromatic N) is 1. The molecule has 0 saturated heterocycles. The Bertz CT molecular complexity index is 832. The highest BCUT2D eigenvalue weighted by Gasteiger charge is 2.55. The van der Waals surface area contributed by atoms with E-state index in [2.05, 4.69) is 29.6 Å². The number of carbonyl (C=O) groups is 1. The number of carbonyl (C=O) groups excluding carboxylic acids is 1. The van der Waals surface area contributed by atoms with Gasteiger partial charge in [-0.1, -0.05) is 37.3 Å². The van der Waals surface area contributed by atoms with Gasteiger partial charge in [0, 0.05) is 17.0 Å². The standard InChI is InChI=1S/C21H24N2O3/c1-14(17-11-10-16(25-3)12-19(17)26-4)22-23-20(24)18-13-21(18,2)15-8-6-5-7-9-15/h5-12,18H,13H2,1-4H3,(H,23,24)/b22-14-/t18-,21-/m1/s1. The Kier molecular flexibility index (Phi) is 4.98. The van der Waals surface area contributed by atoms with Crippen LogP contribution in [0.2, 0.25) is 0 Å². The number of hydrogen-bond donors (Lipinski definition) is 1. The lowest BCUT2D eigenvalue weighted by Crippen LogP contribution is -2.24. The fourth-order valence-electron chi connectivity index (χ4n) is 3.26. The highest BCUT2D eigenvalue weighted by atomic mass is 16.5. The average Bonchev–Trinajstić information content (AvgIpc) is 3.39. The van der Waals surface area contributed by atoms with Gasteiger partial charge in [0.25, 0.3) is 0 Å². The van der Waals surface area contributed by atoms with Crippen molar-refractivity contribution in [3.8, 4) is 11.5 Å². The number of amides is 1. The molecule has 136 valence electrons. The van der Waals surface area contributed by atoms with Crippen LogP contribution in [0, 0.1) is 5.92 Å². The highest BCUT2D eigenvalue weighted by molar-refractivity contribution is 6.02. The van der Waals surface area contributed by atoms with E-state index in [-0.39, 0.29) is 17.2 Å². The fourth-order valence-corrected chi connectivity index (χ4v) is 3.26. The molecule has 5 nitrogen and oxygen atoms in total. The van der Waals surface area contributed by atoms with Gasteiger partial charge in [-0.15, -0.1) is 0 Å². The van der Waals surface area contributed by atoms with Gasteiger partial charge in [0.1, 0.15) is 11.5 Å². The topological polar surface area (TPSA) is 59.9 Å². The summed E-state index contributed by atoms with van der Waals surface area (Å²) in [6, 6.07) is 15.6. The summed E-state index contributed by atoms with van der Waals surface area (Å²) in [5.74, 6) is 1.25. The first-order chi connectivity index (χ1) is 12.5. The van der Waals surface area contributed by atoms with E-state index in [1.165, 1.54) is 5.56 Å². The van der Waals surface area contributed by atoms with Crippen molar-refractivity contribution in [3.63, 3.8) is 0 Å². The van der Waals surface area contributed by atoms with E-state index in [0.717, 1.165) is 12.0 Å². The molecule has 1 amide bonds. The van der Waals surface area contributed by atoms with E-state index in [4.69, 9.17) is 9.47 Å². The molecule has 0 bridgehead atoms.